The standard InChI is InChI=1S/C14H18ClNO4S/c15-11-3-1-2-4-12(11)16-21(17,18)10-5-6-13-14(9-10)20-8-7-19-13/h5-6,9,11-12,16H,1-4,7-8H2. The molecule has 1 aromatic rings. The smallest absolute Gasteiger partial charge is 0.241 e. The summed E-state index contributed by atoms with van der Waals surface area (Å²) in [5.41, 5.74) is 0. The van der Waals surface area contributed by atoms with E-state index in [1.54, 1.807) is 6.07 Å². The minimum atomic E-state index is -3.60. The number of halogens is 1. The monoisotopic (exact) mass is 331 g/mol. The Morgan fingerprint density at radius 2 is 1.81 bits per heavy atom. The number of rotatable bonds is 3. The molecule has 1 fully saturated rings. The number of ether oxygens (including phenoxy) is 2. The van der Waals surface area contributed by atoms with Crippen molar-refractivity contribution in [1.29, 1.82) is 0 Å². The molecule has 2 unspecified atom stereocenters. The summed E-state index contributed by atoms with van der Waals surface area (Å²) < 4.78 is 38.5. The van der Waals surface area contributed by atoms with E-state index in [0.717, 1.165) is 25.7 Å². The normalized spacial score (nSPS) is 25.6. The molecule has 0 saturated heterocycles. The van der Waals surface area contributed by atoms with Crippen LogP contribution >= 0.6 is 11.6 Å². The molecular weight excluding hydrogens is 314 g/mol. The fourth-order valence-electron chi connectivity index (χ4n) is 2.68. The summed E-state index contributed by atoms with van der Waals surface area (Å²) in [4.78, 5) is 0.182. The lowest BCUT2D eigenvalue weighted by molar-refractivity contribution is 0.171. The Kier molecular flexibility index (Phi) is 4.28. The van der Waals surface area contributed by atoms with Gasteiger partial charge in [-0.1, -0.05) is 12.8 Å². The second-order valence-corrected chi connectivity index (χ2v) is 7.61. The molecule has 0 spiro atoms. The molecule has 0 bridgehead atoms. The van der Waals surface area contributed by atoms with Crippen molar-refractivity contribution in [3.05, 3.63) is 18.2 Å². The van der Waals surface area contributed by atoms with Crippen LogP contribution < -0.4 is 14.2 Å². The Bertz CT molecular complexity index is 619. The van der Waals surface area contributed by atoms with E-state index in [9.17, 15) is 8.42 Å². The second-order valence-electron chi connectivity index (χ2n) is 5.33. The highest BCUT2D eigenvalue weighted by Gasteiger charge is 2.29. The zero-order valence-corrected chi connectivity index (χ0v) is 13.1. The first kappa shape index (κ1) is 14.9. The van der Waals surface area contributed by atoms with Crippen molar-refractivity contribution in [1.82, 2.24) is 4.72 Å². The van der Waals surface area contributed by atoms with Crippen LogP contribution in [0.1, 0.15) is 25.7 Å². The van der Waals surface area contributed by atoms with Crippen molar-refractivity contribution in [2.45, 2.75) is 42.0 Å². The van der Waals surface area contributed by atoms with E-state index in [1.165, 1.54) is 12.1 Å². The van der Waals surface area contributed by atoms with Crippen LogP contribution in [0.5, 0.6) is 11.5 Å². The highest BCUT2D eigenvalue weighted by atomic mass is 35.5. The van der Waals surface area contributed by atoms with Gasteiger partial charge in [-0.3, -0.25) is 0 Å². The molecule has 3 rings (SSSR count). The third-order valence-electron chi connectivity index (χ3n) is 3.81. The number of nitrogens with one attached hydrogen (secondary N) is 1. The van der Waals surface area contributed by atoms with Crippen LogP contribution in [-0.2, 0) is 10.0 Å². The van der Waals surface area contributed by atoms with Gasteiger partial charge >= 0.3 is 0 Å². The minimum absolute atomic E-state index is 0.147. The molecule has 5 nitrogen and oxygen atoms in total. The summed E-state index contributed by atoms with van der Waals surface area (Å²) in [6.45, 7) is 0.906. The molecule has 21 heavy (non-hydrogen) atoms. The molecular formula is C14H18ClNO4S. The molecule has 1 heterocycles. The minimum Gasteiger partial charge on any atom is -0.486 e. The predicted molar refractivity (Wildman–Crippen MR) is 79.7 cm³/mol. The van der Waals surface area contributed by atoms with Crippen LogP contribution in [0.3, 0.4) is 0 Å². The summed E-state index contributed by atoms with van der Waals surface area (Å²) in [7, 11) is -3.60. The Balaban J connectivity index is 1.81. The highest BCUT2D eigenvalue weighted by molar-refractivity contribution is 7.89. The molecule has 2 atom stereocenters. The number of fused-ring (bicyclic) bond motifs is 1. The molecule has 7 heteroatoms. The SMILES string of the molecule is O=S(=O)(NC1CCCCC1Cl)c1ccc2c(c1)OCCO2. The van der Waals surface area contributed by atoms with Crippen molar-refractivity contribution in [3.63, 3.8) is 0 Å². The first-order chi connectivity index (χ1) is 10.1. The molecule has 0 amide bonds. The van der Waals surface area contributed by atoms with Gasteiger partial charge < -0.3 is 9.47 Å². The third kappa shape index (κ3) is 3.27. The summed E-state index contributed by atoms with van der Waals surface area (Å²) in [5.74, 6) is 1.04. The quantitative estimate of drug-likeness (QED) is 0.863. The van der Waals surface area contributed by atoms with Crippen molar-refractivity contribution in [3.8, 4) is 11.5 Å². The maximum absolute atomic E-state index is 12.5. The van der Waals surface area contributed by atoms with Gasteiger partial charge in [-0.2, -0.15) is 0 Å². The molecule has 2 aliphatic rings. The van der Waals surface area contributed by atoms with Crippen LogP contribution in [0.2, 0.25) is 0 Å². The fraction of sp³-hybridized carbons (Fsp3) is 0.571. The zero-order chi connectivity index (χ0) is 14.9. The Labute approximate surface area is 129 Å². The van der Waals surface area contributed by atoms with Gasteiger partial charge in [0.2, 0.25) is 10.0 Å². The molecule has 0 aromatic heterocycles. The topological polar surface area (TPSA) is 64.6 Å². The van der Waals surface area contributed by atoms with E-state index in [1.807, 2.05) is 0 Å². The van der Waals surface area contributed by atoms with Crippen LogP contribution in [-0.4, -0.2) is 33.1 Å². The summed E-state index contributed by atoms with van der Waals surface area (Å²) in [6, 6.07) is 4.45. The van der Waals surface area contributed by atoms with E-state index >= 15 is 0 Å². The highest BCUT2D eigenvalue weighted by Crippen LogP contribution is 2.32. The van der Waals surface area contributed by atoms with E-state index in [0.29, 0.717) is 24.7 Å². The van der Waals surface area contributed by atoms with Crippen LogP contribution in [0, 0.1) is 0 Å². The van der Waals surface area contributed by atoms with Gasteiger partial charge in [0, 0.05) is 17.5 Å². The lowest BCUT2D eigenvalue weighted by atomic mass is 9.96. The first-order valence-corrected chi connectivity index (χ1v) is 9.04. The number of sulfonamides is 1. The Morgan fingerprint density at radius 3 is 2.57 bits per heavy atom. The molecule has 1 aliphatic heterocycles. The van der Waals surface area contributed by atoms with Crippen molar-refractivity contribution < 1.29 is 17.9 Å². The summed E-state index contributed by atoms with van der Waals surface area (Å²) in [5, 5.41) is -0.147. The van der Waals surface area contributed by atoms with Gasteiger partial charge in [-0.05, 0) is 25.0 Å². The largest absolute Gasteiger partial charge is 0.486 e. The van der Waals surface area contributed by atoms with E-state index in [2.05, 4.69) is 4.72 Å². The Hall–Kier alpha value is -0.980. The van der Waals surface area contributed by atoms with Crippen LogP contribution in [0.4, 0.5) is 0 Å². The predicted octanol–water partition coefficient (Wildman–Crippen LogP) is 2.29. The number of alkyl halides is 1. The second kappa shape index (κ2) is 6.02. The summed E-state index contributed by atoms with van der Waals surface area (Å²) in [6.07, 6.45) is 3.67. The first-order valence-electron chi connectivity index (χ1n) is 7.12. The van der Waals surface area contributed by atoms with Gasteiger partial charge in [0.15, 0.2) is 11.5 Å². The average molecular weight is 332 g/mol. The Morgan fingerprint density at radius 1 is 1.10 bits per heavy atom. The fourth-order valence-corrected chi connectivity index (χ4v) is 4.42. The van der Waals surface area contributed by atoms with Gasteiger partial charge in [-0.25, -0.2) is 13.1 Å². The molecule has 1 aromatic carbocycles. The van der Waals surface area contributed by atoms with Gasteiger partial charge in [-0.15, -0.1) is 11.6 Å². The average Bonchev–Trinajstić information content (AvgIpc) is 2.49. The van der Waals surface area contributed by atoms with Crippen LogP contribution in [0.15, 0.2) is 23.1 Å². The number of hydrogen-bond acceptors (Lipinski definition) is 4. The number of hydrogen-bond donors (Lipinski definition) is 1. The van der Waals surface area contributed by atoms with Crippen molar-refractivity contribution in [2.24, 2.45) is 0 Å². The maximum atomic E-state index is 12.5. The van der Waals surface area contributed by atoms with E-state index in [4.69, 9.17) is 21.1 Å². The van der Waals surface area contributed by atoms with Gasteiger partial charge in [0.1, 0.15) is 13.2 Å². The molecule has 1 aliphatic carbocycles. The van der Waals surface area contributed by atoms with E-state index < -0.39 is 10.0 Å². The lowest BCUT2D eigenvalue weighted by Gasteiger charge is -2.27. The summed E-state index contributed by atoms with van der Waals surface area (Å²) >= 11 is 6.22. The molecule has 0 radical (unpaired) electrons. The van der Waals surface area contributed by atoms with Gasteiger partial charge in [0.05, 0.1) is 4.90 Å². The molecule has 1 saturated carbocycles. The van der Waals surface area contributed by atoms with Crippen molar-refractivity contribution >= 4 is 21.6 Å². The zero-order valence-electron chi connectivity index (χ0n) is 11.5. The molecule has 116 valence electrons. The maximum Gasteiger partial charge on any atom is 0.241 e. The van der Waals surface area contributed by atoms with Crippen molar-refractivity contribution in [2.75, 3.05) is 13.2 Å². The number of benzene rings is 1. The molecule has 1 N–H and O–H groups in total. The third-order valence-corrected chi connectivity index (χ3v) is 5.82. The van der Waals surface area contributed by atoms with E-state index in [-0.39, 0.29) is 16.3 Å². The lowest BCUT2D eigenvalue weighted by Crippen LogP contribution is -2.42. The van der Waals surface area contributed by atoms with Crippen LogP contribution in [0.25, 0.3) is 0 Å². The van der Waals surface area contributed by atoms with Gasteiger partial charge in [0.25, 0.3) is 0 Å².